The molecule has 1 heterocycles. The van der Waals surface area contributed by atoms with Gasteiger partial charge in [0.2, 0.25) is 0 Å². The topological polar surface area (TPSA) is 26.3 Å². The Morgan fingerprint density at radius 3 is 2.67 bits per heavy atom. The first-order valence-electron chi connectivity index (χ1n) is 6.06. The quantitative estimate of drug-likeness (QED) is 0.788. The van der Waals surface area contributed by atoms with Crippen LogP contribution in [0.3, 0.4) is 0 Å². The lowest BCUT2D eigenvalue weighted by Gasteiger charge is -2.10. The fourth-order valence-corrected chi connectivity index (χ4v) is 2.92. The van der Waals surface area contributed by atoms with E-state index in [1.807, 2.05) is 36.4 Å². The molecule has 0 saturated carbocycles. The summed E-state index contributed by atoms with van der Waals surface area (Å²) < 4.78 is 6.33. The Morgan fingerprint density at radius 2 is 1.94 bits per heavy atom. The van der Waals surface area contributed by atoms with E-state index in [9.17, 15) is 4.79 Å². The van der Waals surface area contributed by atoms with E-state index in [4.69, 9.17) is 4.74 Å². The lowest BCUT2D eigenvalue weighted by atomic mass is 9.93. The van der Waals surface area contributed by atoms with Gasteiger partial charge in [0.25, 0.3) is 0 Å². The van der Waals surface area contributed by atoms with E-state index in [0.717, 1.165) is 27.2 Å². The number of Topliss-reactive ketones (excluding diaryl/α,β-unsaturated/α-hetero) is 1. The normalized spacial score (nSPS) is 19.3. The second-order valence-corrected chi connectivity index (χ2v) is 5.42. The third-order valence-electron chi connectivity index (χ3n) is 3.44. The number of benzene rings is 2. The van der Waals surface area contributed by atoms with Crippen LogP contribution in [0.4, 0.5) is 0 Å². The summed E-state index contributed by atoms with van der Waals surface area (Å²) >= 11 is 3.53. The average Bonchev–Trinajstić information content (AvgIpc) is 2.93. The van der Waals surface area contributed by atoms with Gasteiger partial charge in [0, 0.05) is 22.6 Å². The molecule has 1 saturated heterocycles. The first kappa shape index (κ1) is 11.9. The van der Waals surface area contributed by atoms with E-state index >= 15 is 0 Å². The monoisotopic (exact) mass is 304 g/mol. The molecule has 0 bridgehead atoms. The molecule has 0 radical (unpaired) electrons. The van der Waals surface area contributed by atoms with Crippen molar-refractivity contribution in [3.63, 3.8) is 0 Å². The summed E-state index contributed by atoms with van der Waals surface area (Å²) in [6.45, 7) is 1.26. The van der Waals surface area contributed by atoms with Crippen LogP contribution >= 0.6 is 15.9 Å². The molecule has 1 atom stereocenters. The largest absolute Gasteiger partial charge is 0.381 e. The Morgan fingerprint density at radius 1 is 1.17 bits per heavy atom. The summed E-state index contributed by atoms with van der Waals surface area (Å²) in [5.41, 5.74) is 0.810. The zero-order valence-electron chi connectivity index (χ0n) is 9.86. The lowest BCUT2D eigenvalue weighted by Crippen LogP contribution is -2.14. The molecule has 0 N–H and O–H groups in total. The molecule has 2 aromatic rings. The van der Waals surface area contributed by atoms with Gasteiger partial charge in [0.15, 0.2) is 5.78 Å². The molecule has 0 aliphatic carbocycles. The van der Waals surface area contributed by atoms with Crippen molar-refractivity contribution in [2.75, 3.05) is 13.2 Å². The molecule has 1 fully saturated rings. The van der Waals surface area contributed by atoms with Gasteiger partial charge in [-0.15, -0.1) is 0 Å². The van der Waals surface area contributed by atoms with Gasteiger partial charge in [-0.3, -0.25) is 4.79 Å². The predicted octanol–water partition coefficient (Wildman–Crippen LogP) is 3.82. The van der Waals surface area contributed by atoms with E-state index in [-0.39, 0.29) is 11.7 Å². The summed E-state index contributed by atoms with van der Waals surface area (Å²) in [6, 6.07) is 11.8. The van der Waals surface area contributed by atoms with E-state index < -0.39 is 0 Å². The van der Waals surface area contributed by atoms with Gasteiger partial charge in [0.1, 0.15) is 0 Å². The highest BCUT2D eigenvalue weighted by Crippen LogP contribution is 2.29. The summed E-state index contributed by atoms with van der Waals surface area (Å²) in [5, 5.41) is 2.10. The molecular weight excluding hydrogens is 292 g/mol. The van der Waals surface area contributed by atoms with Crippen molar-refractivity contribution in [3.05, 3.63) is 46.4 Å². The van der Waals surface area contributed by atoms with Gasteiger partial charge in [-0.1, -0.05) is 40.2 Å². The van der Waals surface area contributed by atoms with Crippen molar-refractivity contribution in [1.29, 1.82) is 0 Å². The third-order valence-corrected chi connectivity index (χ3v) is 4.13. The smallest absolute Gasteiger partial charge is 0.168 e. The number of rotatable bonds is 2. The van der Waals surface area contributed by atoms with Crippen LogP contribution in [0.5, 0.6) is 0 Å². The molecular formula is C15H13BrO2. The van der Waals surface area contributed by atoms with Crippen LogP contribution in [0.25, 0.3) is 10.8 Å². The minimum absolute atomic E-state index is 0.0228. The van der Waals surface area contributed by atoms with Crippen molar-refractivity contribution in [1.82, 2.24) is 0 Å². The van der Waals surface area contributed by atoms with Crippen LogP contribution < -0.4 is 0 Å². The van der Waals surface area contributed by atoms with Crippen LogP contribution in [0.15, 0.2) is 40.9 Å². The van der Waals surface area contributed by atoms with Gasteiger partial charge in [-0.25, -0.2) is 0 Å². The third kappa shape index (κ3) is 1.98. The number of ketones is 1. The molecule has 3 rings (SSSR count). The van der Waals surface area contributed by atoms with Crippen LogP contribution in [0.2, 0.25) is 0 Å². The van der Waals surface area contributed by atoms with Crippen molar-refractivity contribution in [2.45, 2.75) is 6.42 Å². The molecule has 0 aromatic heterocycles. The van der Waals surface area contributed by atoms with Gasteiger partial charge < -0.3 is 4.74 Å². The Balaban J connectivity index is 2.11. The Hall–Kier alpha value is -1.19. The van der Waals surface area contributed by atoms with Crippen LogP contribution in [0, 0.1) is 5.92 Å². The fourth-order valence-electron chi connectivity index (χ4n) is 2.44. The molecule has 2 aromatic carbocycles. The molecule has 1 aliphatic rings. The summed E-state index contributed by atoms with van der Waals surface area (Å²) in [6.07, 6.45) is 0.837. The average molecular weight is 305 g/mol. The number of ether oxygens (including phenoxy) is 1. The summed E-state index contributed by atoms with van der Waals surface area (Å²) in [5.74, 6) is 0.228. The zero-order valence-corrected chi connectivity index (χ0v) is 11.4. The molecule has 0 amide bonds. The fraction of sp³-hybridized carbons (Fsp3) is 0.267. The number of hydrogen-bond donors (Lipinski definition) is 0. The van der Waals surface area contributed by atoms with Crippen molar-refractivity contribution < 1.29 is 9.53 Å². The Kier molecular flexibility index (Phi) is 3.18. The lowest BCUT2D eigenvalue weighted by molar-refractivity contribution is 0.0902. The standard InChI is InChI=1S/C15H13BrO2/c16-14-6-5-13(11-3-1-2-4-12(11)14)15(17)10-7-8-18-9-10/h1-6,10H,7-9H2. The van der Waals surface area contributed by atoms with E-state index in [2.05, 4.69) is 15.9 Å². The van der Waals surface area contributed by atoms with Gasteiger partial charge in [-0.2, -0.15) is 0 Å². The second-order valence-electron chi connectivity index (χ2n) is 4.57. The van der Waals surface area contributed by atoms with Crippen molar-refractivity contribution in [2.24, 2.45) is 5.92 Å². The summed E-state index contributed by atoms with van der Waals surface area (Å²) in [7, 11) is 0. The second kappa shape index (κ2) is 4.82. The van der Waals surface area contributed by atoms with Crippen LogP contribution in [0.1, 0.15) is 16.8 Å². The highest BCUT2D eigenvalue weighted by Gasteiger charge is 2.25. The molecule has 18 heavy (non-hydrogen) atoms. The minimum atomic E-state index is 0.0228. The van der Waals surface area contributed by atoms with E-state index in [1.54, 1.807) is 0 Å². The van der Waals surface area contributed by atoms with E-state index in [1.165, 1.54) is 0 Å². The SMILES string of the molecule is O=C(c1ccc(Br)c2ccccc12)C1CCOC1. The maximum atomic E-state index is 12.5. The van der Waals surface area contributed by atoms with E-state index in [0.29, 0.717) is 13.2 Å². The molecule has 1 aliphatic heterocycles. The van der Waals surface area contributed by atoms with Crippen LogP contribution in [-0.2, 0) is 4.74 Å². The first-order valence-corrected chi connectivity index (χ1v) is 6.86. The van der Waals surface area contributed by atoms with Crippen molar-refractivity contribution in [3.8, 4) is 0 Å². The number of hydrogen-bond acceptors (Lipinski definition) is 2. The predicted molar refractivity (Wildman–Crippen MR) is 74.9 cm³/mol. The van der Waals surface area contributed by atoms with Crippen molar-refractivity contribution >= 4 is 32.5 Å². The van der Waals surface area contributed by atoms with Gasteiger partial charge in [-0.05, 0) is 29.3 Å². The molecule has 0 spiro atoms. The highest BCUT2D eigenvalue weighted by molar-refractivity contribution is 9.10. The maximum absolute atomic E-state index is 12.5. The van der Waals surface area contributed by atoms with Crippen LogP contribution in [-0.4, -0.2) is 19.0 Å². The Bertz CT molecular complexity index is 600. The highest BCUT2D eigenvalue weighted by atomic mass is 79.9. The van der Waals surface area contributed by atoms with Gasteiger partial charge in [0.05, 0.1) is 6.61 Å². The maximum Gasteiger partial charge on any atom is 0.168 e. The number of fused-ring (bicyclic) bond motifs is 1. The number of carbonyl (C=O) groups excluding carboxylic acids is 1. The number of carbonyl (C=O) groups is 1. The Labute approximate surface area is 114 Å². The molecule has 1 unspecified atom stereocenters. The minimum Gasteiger partial charge on any atom is -0.381 e. The number of halogens is 1. The molecule has 3 heteroatoms. The first-order chi connectivity index (χ1) is 8.77. The molecule has 92 valence electrons. The summed E-state index contributed by atoms with van der Waals surface area (Å²) in [4.78, 5) is 12.5. The van der Waals surface area contributed by atoms with Gasteiger partial charge >= 0.3 is 0 Å². The zero-order chi connectivity index (χ0) is 12.5. The molecule has 2 nitrogen and oxygen atoms in total.